The quantitative estimate of drug-likeness (QED) is 0.805. The van der Waals surface area contributed by atoms with Gasteiger partial charge in [0.1, 0.15) is 12.4 Å². The molecule has 0 radical (unpaired) electrons. The van der Waals surface area contributed by atoms with Gasteiger partial charge in [0.25, 0.3) is 0 Å². The van der Waals surface area contributed by atoms with E-state index in [1.165, 1.54) is 18.4 Å². The van der Waals surface area contributed by atoms with E-state index in [1.54, 1.807) is 6.26 Å². The number of hydrogen-bond acceptors (Lipinski definition) is 6. The lowest BCUT2D eigenvalue weighted by Crippen LogP contribution is -2.26. The number of aromatic nitrogens is 2. The predicted octanol–water partition coefficient (Wildman–Crippen LogP) is 2.89. The molecule has 134 valence electrons. The standard InChI is InChI=1S/C19H26N4O2/c1-2-17-15(14-24-21-17)12-22-11-7-16(13-22)25-18-6-5-8-20-19(18)23-9-3-4-10-23/h5-6,8,14,16H,2-4,7,9-13H2,1H3/t16-/m0/s1. The Morgan fingerprint density at radius 3 is 3.00 bits per heavy atom. The summed E-state index contributed by atoms with van der Waals surface area (Å²) in [4.78, 5) is 9.33. The van der Waals surface area contributed by atoms with Crippen molar-refractivity contribution in [3.05, 3.63) is 35.9 Å². The molecule has 0 saturated carbocycles. The summed E-state index contributed by atoms with van der Waals surface area (Å²) in [6, 6.07) is 4.02. The molecule has 4 heterocycles. The zero-order valence-corrected chi connectivity index (χ0v) is 14.9. The summed E-state index contributed by atoms with van der Waals surface area (Å²) in [6.45, 7) is 7.13. The van der Waals surface area contributed by atoms with E-state index in [-0.39, 0.29) is 6.10 Å². The van der Waals surface area contributed by atoms with Crippen molar-refractivity contribution in [1.82, 2.24) is 15.0 Å². The first kappa shape index (κ1) is 16.4. The molecule has 0 N–H and O–H groups in total. The number of ether oxygens (including phenoxy) is 1. The molecule has 0 spiro atoms. The lowest BCUT2D eigenvalue weighted by molar-refractivity contribution is 0.198. The van der Waals surface area contributed by atoms with Crippen LogP contribution in [0.3, 0.4) is 0 Å². The molecule has 2 fully saturated rings. The molecule has 0 amide bonds. The van der Waals surface area contributed by atoms with Gasteiger partial charge < -0.3 is 14.2 Å². The molecule has 2 aromatic rings. The van der Waals surface area contributed by atoms with Crippen molar-refractivity contribution < 1.29 is 9.26 Å². The Kier molecular flexibility index (Phi) is 4.88. The first-order valence-electron chi connectivity index (χ1n) is 9.34. The highest BCUT2D eigenvalue weighted by Gasteiger charge is 2.27. The van der Waals surface area contributed by atoms with Crippen molar-refractivity contribution >= 4 is 5.82 Å². The van der Waals surface area contributed by atoms with Crippen LogP contribution < -0.4 is 9.64 Å². The molecule has 0 aliphatic carbocycles. The van der Waals surface area contributed by atoms with Gasteiger partial charge >= 0.3 is 0 Å². The largest absolute Gasteiger partial charge is 0.485 e. The molecule has 0 unspecified atom stereocenters. The normalized spacial score (nSPS) is 21.2. The highest BCUT2D eigenvalue weighted by atomic mass is 16.5. The van der Waals surface area contributed by atoms with E-state index in [1.807, 2.05) is 12.3 Å². The van der Waals surface area contributed by atoms with Crippen molar-refractivity contribution in [3.63, 3.8) is 0 Å². The van der Waals surface area contributed by atoms with E-state index in [0.717, 1.165) is 62.8 Å². The summed E-state index contributed by atoms with van der Waals surface area (Å²) >= 11 is 0. The van der Waals surface area contributed by atoms with Gasteiger partial charge in [-0.2, -0.15) is 0 Å². The number of rotatable bonds is 6. The van der Waals surface area contributed by atoms with Crippen LogP contribution in [0.25, 0.3) is 0 Å². The Hall–Kier alpha value is -2.08. The van der Waals surface area contributed by atoms with Crippen molar-refractivity contribution in [2.45, 2.75) is 45.3 Å². The summed E-state index contributed by atoms with van der Waals surface area (Å²) in [7, 11) is 0. The molecule has 2 aromatic heterocycles. The molecule has 2 aliphatic rings. The monoisotopic (exact) mass is 342 g/mol. The molecule has 25 heavy (non-hydrogen) atoms. The van der Waals surface area contributed by atoms with Gasteiger partial charge in [0.05, 0.1) is 5.69 Å². The van der Waals surface area contributed by atoms with Gasteiger partial charge in [0.2, 0.25) is 0 Å². The Morgan fingerprint density at radius 2 is 2.16 bits per heavy atom. The molecule has 0 bridgehead atoms. The average molecular weight is 342 g/mol. The molecule has 2 saturated heterocycles. The van der Waals surface area contributed by atoms with Crippen LogP contribution in [0.1, 0.15) is 37.4 Å². The lowest BCUT2D eigenvalue weighted by Gasteiger charge is -2.22. The Bertz CT molecular complexity index is 696. The fourth-order valence-electron chi connectivity index (χ4n) is 3.80. The van der Waals surface area contributed by atoms with Crippen LogP contribution in [0.4, 0.5) is 5.82 Å². The molecule has 6 nitrogen and oxygen atoms in total. The summed E-state index contributed by atoms with van der Waals surface area (Å²) in [6.07, 6.45) is 8.29. The van der Waals surface area contributed by atoms with E-state index in [4.69, 9.17) is 9.26 Å². The van der Waals surface area contributed by atoms with Crippen LogP contribution >= 0.6 is 0 Å². The lowest BCUT2D eigenvalue weighted by atomic mass is 10.2. The Balaban J connectivity index is 1.38. The third-order valence-electron chi connectivity index (χ3n) is 5.14. The Morgan fingerprint density at radius 1 is 1.28 bits per heavy atom. The minimum atomic E-state index is 0.218. The fraction of sp³-hybridized carbons (Fsp3) is 0.579. The summed E-state index contributed by atoms with van der Waals surface area (Å²) < 4.78 is 11.5. The molecular formula is C19H26N4O2. The second-order valence-electron chi connectivity index (χ2n) is 6.92. The second-order valence-corrected chi connectivity index (χ2v) is 6.92. The smallest absolute Gasteiger partial charge is 0.171 e. The number of pyridine rings is 1. The van der Waals surface area contributed by atoms with Gasteiger partial charge in [0.15, 0.2) is 11.6 Å². The minimum Gasteiger partial charge on any atom is -0.485 e. The highest BCUT2D eigenvalue weighted by Crippen LogP contribution is 2.30. The topological polar surface area (TPSA) is 54.6 Å². The maximum Gasteiger partial charge on any atom is 0.171 e. The minimum absolute atomic E-state index is 0.218. The Labute approximate surface area is 148 Å². The fourth-order valence-corrected chi connectivity index (χ4v) is 3.80. The van der Waals surface area contributed by atoms with Gasteiger partial charge in [-0.25, -0.2) is 4.98 Å². The summed E-state index contributed by atoms with van der Waals surface area (Å²) in [5.41, 5.74) is 2.26. The van der Waals surface area contributed by atoms with E-state index in [9.17, 15) is 0 Å². The van der Waals surface area contributed by atoms with E-state index >= 15 is 0 Å². The van der Waals surface area contributed by atoms with Crippen LogP contribution in [0, 0.1) is 0 Å². The first-order chi connectivity index (χ1) is 12.3. The molecule has 0 aromatic carbocycles. The van der Waals surface area contributed by atoms with E-state index in [0.29, 0.717) is 0 Å². The van der Waals surface area contributed by atoms with E-state index < -0.39 is 0 Å². The number of anilines is 1. The average Bonchev–Trinajstić information content (AvgIpc) is 3.38. The molecule has 6 heteroatoms. The zero-order valence-electron chi connectivity index (χ0n) is 14.9. The SMILES string of the molecule is CCc1nocc1CN1CC[C@H](Oc2cccnc2N2CCCC2)C1. The maximum atomic E-state index is 6.34. The maximum absolute atomic E-state index is 6.34. The third-order valence-corrected chi connectivity index (χ3v) is 5.14. The zero-order chi connectivity index (χ0) is 17.1. The third kappa shape index (κ3) is 3.63. The van der Waals surface area contributed by atoms with Crippen molar-refractivity contribution in [1.29, 1.82) is 0 Å². The molecular weight excluding hydrogens is 316 g/mol. The predicted molar refractivity (Wildman–Crippen MR) is 95.9 cm³/mol. The van der Waals surface area contributed by atoms with Crippen LogP contribution in [0.15, 0.2) is 29.1 Å². The van der Waals surface area contributed by atoms with Crippen molar-refractivity contribution in [2.75, 3.05) is 31.1 Å². The van der Waals surface area contributed by atoms with Crippen LogP contribution in [0.5, 0.6) is 5.75 Å². The summed E-state index contributed by atoms with van der Waals surface area (Å²) in [5.74, 6) is 1.93. The molecule has 2 aliphatic heterocycles. The number of nitrogens with zero attached hydrogens (tertiary/aromatic N) is 4. The van der Waals surface area contributed by atoms with E-state index in [2.05, 4.69) is 32.9 Å². The number of likely N-dealkylation sites (tertiary alicyclic amines) is 1. The van der Waals surface area contributed by atoms with Crippen molar-refractivity contribution in [2.24, 2.45) is 0 Å². The van der Waals surface area contributed by atoms with Crippen molar-refractivity contribution in [3.8, 4) is 5.75 Å². The second kappa shape index (κ2) is 7.44. The first-order valence-corrected chi connectivity index (χ1v) is 9.34. The summed E-state index contributed by atoms with van der Waals surface area (Å²) in [5, 5.41) is 4.07. The van der Waals surface area contributed by atoms with Gasteiger partial charge in [-0.15, -0.1) is 0 Å². The van der Waals surface area contributed by atoms with Gasteiger partial charge in [-0.1, -0.05) is 12.1 Å². The van der Waals surface area contributed by atoms with Gasteiger partial charge in [0, 0.05) is 44.5 Å². The van der Waals surface area contributed by atoms with Crippen LogP contribution in [-0.4, -0.2) is 47.3 Å². The van der Waals surface area contributed by atoms with Gasteiger partial charge in [-0.3, -0.25) is 4.90 Å². The van der Waals surface area contributed by atoms with Gasteiger partial charge in [-0.05, 0) is 37.8 Å². The number of aryl methyl sites for hydroxylation is 1. The molecule has 1 atom stereocenters. The highest BCUT2D eigenvalue weighted by molar-refractivity contribution is 5.52. The van der Waals surface area contributed by atoms with Crippen LogP contribution in [0.2, 0.25) is 0 Å². The van der Waals surface area contributed by atoms with Crippen LogP contribution in [-0.2, 0) is 13.0 Å². The number of hydrogen-bond donors (Lipinski definition) is 0. The molecule has 4 rings (SSSR count).